The van der Waals surface area contributed by atoms with E-state index in [2.05, 4.69) is 72.0 Å². The first-order chi connectivity index (χ1) is 9.58. The van der Waals surface area contributed by atoms with Crippen molar-refractivity contribution in [3.05, 3.63) is 28.2 Å². The lowest BCUT2D eigenvalue weighted by atomic mass is 9.86. The fourth-order valence-corrected chi connectivity index (χ4v) is 3.78. The number of halogens is 1. The van der Waals surface area contributed by atoms with E-state index in [1.165, 1.54) is 22.1 Å². The van der Waals surface area contributed by atoms with E-state index in [-0.39, 0.29) is 0 Å². The first-order valence-corrected chi connectivity index (χ1v) is 8.66. The molecule has 1 heterocycles. The standard InChI is InChI=1S/C17H27BrN2/c1-5-14-11-15(18)7-8-17(14)20-10-9-16(19-6-2)12(3)13(20)4/h7-8,11-13,16,19H,5-6,9-10H2,1-4H3. The molecule has 2 rings (SSSR count). The van der Waals surface area contributed by atoms with Gasteiger partial charge in [-0.05, 0) is 56.0 Å². The highest BCUT2D eigenvalue weighted by molar-refractivity contribution is 9.10. The monoisotopic (exact) mass is 338 g/mol. The van der Waals surface area contributed by atoms with Gasteiger partial charge in [0.15, 0.2) is 0 Å². The maximum absolute atomic E-state index is 3.64. The Kier molecular flexibility index (Phi) is 5.50. The maximum atomic E-state index is 3.64. The highest BCUT2D eigenvalue weighted by Crippen LogP contribution is 2.32. The van der Waals surface area contributed by atoms with Crippen LogP contribution in [0.1, 0.15) is 39.7 Å². The summed E-state index contributed by atoms with van der Waals surface area (Å²) < 4.78 is 1.18. The van der Waals surface area contributed by atoms with Gasteiger partial charge in [-0.1, -0.05) is 36.7 Å². The smallest absolute Gasteiger partial charge is 0.0401 e. The summed E-state index contributed by atoms with van der Waals surface area (Å²) in [6.45, 7) is 11.4. The molecule has 1 N–H and O–H groups in total. The molecular weight excluding hydrogens is 312 g/mol. The first kappa shape index (κ1) is 15.8. The van der Waals surface area contributed by atoms with E-state index >= 15 is 0 Å². The van der Waals surface area contributed by atoms with Crippen molar-refractivity contribution in [2.45, 2.75) is 52.6 Å². The Balaban J connectivity index is 2.22. The van der Waals surface area contributed by atoms with Gasteiger partial charge in [-0.2, -0.15) is 0 Å². The molecule has 2 nitrogen and oxygen atoms in total. The molecule has 1 aromatic rings. The summed E-state index contributed by atoms with van der Waals surface area (Å²) in [4.78, 5) is 2.60. The summed E-state index contributed by atoms with van der Waals surface area (Å²) in [6, 6.07) is 7.96. The van der Waals surface area contributed by atoms with Gasteiger partial charge < -0.3 is 10.2 Å². The third-order valence-corrected chi connectivity index (χ3v) is 5.26. The summed E-state index contributed by atoms with van der Waals surface area (Å²) in [5, 5.41) is 3.64. The average molecular weight is 339 g/mol. The molecule has 0 amide bonds. The Hall–Kier alpha value is -0.540. The van der Waals surface area contributed by atoms with Crippen molar-refractivity contribution in [3.63, 3.8) is 0 Å². The van der Waals surface area contributed by atoms with E-state index in [1.54, 1.807) is 0 Å². The summed E-state index contributed by atoms with van der Waals surface area (Å²) in [5.41, 5.74) is 2.87. The van der Waals surface area contributed by atoms with Crippen molar-refractivity contribution in [2.24, 2.45) is 5.92 Å². The van der Waals surface area contributed by atoms with E-state index in [9.17, 15) is 0 Å². The van der Waals surface area contributed by atoms with Crippen LogP contribution in [-0.4, -0.2) is 25.2 Å². The van der Waals surface area contributed by atoms with Crippen molar-refractivity contribution >= 4 is 21.6 Å². The summed E-state index contributed by atoms with van der Waals surface area (Å²) in [7, 11) is 0. The highest BCUT2D eigenvalue weighted by atomic mass is 79.9. The van der Waals surface area contributed by atoms with Crippen molar-refractivity contribution in [1.82, 2.24) is 5.32 Å². The molecule has 0 spiro atoms. The number of nitrogens with zero attached hydrogens (tertiary/aromatic N) is 1. The topological polar surface area (TPSA) is 15.3 Å². The lowest BCUT2D eigenvalue weighted by Gasteiger charge is -2.45. The zero-order valence-electron chi connectivity index (χ0n) is 13.1. The van der Waals surface area contributed by atoms with Crippen LogP contribution in [0.3, 0.4) is 0 Å². The molecule has 0 aromatic heterocycles. The van der Waals surface area contributed by atoms with E-state index in [4.69, 9.17) is 0 Å². The average Bonchev–Trinajstić information content (AvgIpc) is 2.45. The molecule has 3 unspecified atom stereocenters. The second-order valence-electron chi connectivity index (χ2n) is 5.87. The third-order valence-electron chi connectivity index (χ3n) is 4.77. The Labute approximate surface area is 132 Å². The summed E-state index contributed by atoms with van der Waals surface area (Å²) in [5.74, 6) is 0.678. The third kappa shape index (κ3) is 3.20. The Morgan fingerprint density at radius 2 is 2.05 bits per heavy atom. The largest absolute Gasteiger partial charge is 0.368 e. The predicted molar refractivity (Wildman–Crippen MR) is 91.6 cm³/mol. The summed E-state index contributed by atoms with van der Waals surface area (Å²) in [6.07, 6.45) is 2.32. The molecule has 0 aliphatic carbocycles. The van der Waals surface area contributed by atoms with Crippen LogP contribution in [0.15, 0.2) is 22.7 Å². The summed E-state index contributed by atoms with van der Waals surface area (Å²) >= 11 is 3.59. The zero-order valence-corrected chi connectivity index (χ0v) is 14.7. The quantitative estimate of drug-likeness (QED) is 0.883. The molecule has 0 saturated carbocycles. The fourth-order valence-electron chi connectivity index (χ4n) is 3.37. The van der Waals surface area contributed by atoms with Gasteiger partial charge in [0.1, 0.15) is 0 Å². The Morgan fingerprint density at radius 1 is 1.30 bits per heavy atom. The van der Waals surface area contributed by atoms with E-state index < -0.39 is 0 Å². The Bertz CT molecular complexity index is 447. The van der Waals surface area contributed by atoms with Gasteiger partial charge in [-0.25, -0.2) is 0 Å². The van der Waals surface area contributed by atoms with Crippen molar-refractivity contribution < 1.29 is 0 Å². The molecule has 0 bridgehead atoms. The first-order valence-electron chi connectivity index (χ1n) is 7.86. The molecule has 1 fully saturated rings. The van der Waals surface area contributed by atoms with Gasteiger partial charge in [-0.3, -0.25) is 0 Å². The van der Waals surface area contributed by atoms with Crippen molar-refractivity contribution in [2.75, 3.05) is 18.0 Å². The van der Waals surface area contributed by atoms with E-state index in [0.717, 1.165) is 19.5 Å². The van der Waals surface area contributed by atoms with Crippen LogP contribution in [0, 0.1) is 5.92 Å². The lowest BCUT2D eigenvalue weighted by molar-refractivity contribution is 0.274. The molecule has 1 aliphatic rings. The molecule has 112 valence electrons. The van der Waals surface area contributed by atoms with Crippen LogP contribution in [0.25, 0.3) is 0 Å². The SMILES string of the molecule is CCNC1CCN(c2ccc(Br)cc2CC)C(C)C1C. The van der Waals surface area contributed by atoms with Crippen molar-refractivity contribution in [1.29, 1.82) is 0 Å². The van der Waals surface area contributed by atoms with Crippen LogP contribution in [0.4, 0.5) is 5.69 Å². The number of nitrogens with one attached hydrogen (secondary N) is 1. The maximum Gasteiger partial charge on any atom is 0.0401 e. The van der Waals surface area contributed by atoms with Crippen LogP contribution in [0.2, 0.25) is 0 Å². The lowest BCUT2D eigenvalue weighted by Crippen LogP contribution is -2.53. The zero-order chi connectivity index (χ0) is 14.7. The minimum absolute atomic E-state index is 0.583. The number of anilines is 1. The van der Waals surface area contributed by atoms with Crippen LogP contribution in [-0.2, 0) is 6.42 Å². The van der Waals surface area contributed by atoms with Gasteiger partial charge in [0.05, 0.1) is 0 Å². The van der Waals surface area contributed by atoms with Crippen LogP contribution < -0.4 is 10.2 Å². The van der Waals surface area contributed by atoms with Crippen molar-refractivity contribution in [3.8, 4) is 0 Å². The van der Waals surface area contributed by atoms with Gasteiger partial charge in [-0.15, -0.1) is 0 Å². The van der Waals surface area contributed by atoms with Crippen LogP contribution in [0.5, 0.6) is 0 Å². The molecule has 1 saturated heterocycles. The number of hydrogen-bond acceptors (Lipinski definition) is 2. The second kappa shape index (κ2) is 6.95. The molecule has 3 atom stereocenters. The normalized spacial score (nSPS) is 26.9. The number of aryl methyl sites for hydroxylation is 1. The number of rotatable bonds is 4. The minimum Gasteiger partial charge on any atom is -0.368 e. The molecule has 3 heteroatoms. The number of piperidine rings is 1. The predicted octanol–water partition coefficient (Wildman–Crippen LogP) is 4.22. The van der Waals surface area contributed by atoms with Gasteiger partial charge in [0, 0.05) is 28.8 Å². The fraction of sp³-hybridized carbons (Fsp3) is 0.647. The minimum atomic E-state index is 0.583. The van der Waals surface area contributed by atoms with E-state index in [0.29, 0.717) is 18.0 Å². The van der Waals surface area contributed by atoms with Gasteiger partial charge in [0.2, 0.25) is 0 Å². The second-order valence-corrected chi connectivity index (χ2v) is 6.79. The number of benzene rings is 1. The molecular formula is C17H27BrN2. The number of hydrogen-bond donors (Lipinski definition) is 1. The molecule has 20 heavy (non-hydrogen) atoms. The van der Waals surface area contributed by atoms with Crippen LogP contribution >= 0.6 is 15.9 Å². The Morgan fingerprint density at radius 3 is 2.70 bits per heavy atom. The van der Waals surface area contributed by atoms with Gasteiger partial charge in [0.25, 0.3) is 0 Å². The highest BCUT2D eigenvalue weighted by Gasteiger charge is 2.32. The molecule has 0 radical (unpaired) electrons. The van der Waals surface area contributed by atoms with Gasteiger partial charge >= 0.3 is 0 Å². The molecule has 1 aromatic carbocycles. The molecule has 1 aliphatic heterocycles. The van der Waals surface area contributed by atoms with E-state index in [1.807, 2.05) is 0 Å².